The molecule has 1 N–H and O–H groups in total. The van der Waals surface area contributed by atoms with Crippen LogP contribution in [-0.2, 0) is 17.9 Å². The standard InChI is InChI=1S/C26H22BrFN2O4/c1-16-3-5-18(6-4-16)15-34-24-21(27)11-19(13-23(24)33-2)12-22-25(31)30(26(32)29-22)14-17-7-9-20(28)10-8-17/h3-13H,14-15H2,1-2H3,(H,29,32)/b22-12+. The Labute approximate surface area is 205 Å². The van der Waals surface area contributed by atoms with Gasteiger partial charge in [-0.05, 0) is 69.9 Å². The number of imide groups is 1. The summed E-state index contributed by atoms with van der Waals surface area (Å²) in [5.41, 5.74) is 3.61. The molecule has 0 unspecified atom stereocenters. The number of rotatable bonds is 7. The summed E-state index contributed by atoms with van der Waals surface area (Å²) in [7, 11) is 1.53. The highest BCUT2D eigenvalue weighted by atomic mass is 79.9. The first-order chi connectivity index (χ1) is 16.3. The number of nitrogens with one attached hydrogen (secondary N) is 1. The van der Waals surface area contributed by atoms with Crippen LogP contribution in [0.1, 0.15) is 22.3 Å². The molecule has 0 atom stereocenters. The predicted molar refractivity (Wildman–Crippen MR) is 130 cm³/mol. The van der Waals surface area contributed by atoms with E-state index in [1.807, 2.05) is 31.2 Å². The molecule has 1 saturated heterocycles. The van der Waals surface area contributed by atoms with Crippen LogP contribution in [0.4, 0.5) is 9.18 Å². The highest BCUT2D eigenvalue weighted by Crippen LogP contribution is 2.38. The average molecular weight is 525 g/mol. The molecule has 0 aliphatic carbocycles. The van der Waals surface area contributed by atoms with Gasteiger partial charge in [-0.3, -0.25) is 9.69 Å². The Morgan fingerprint density at radius 3 is 2.38 bits per heavy atom. The summed E-state index contributed by atoms with van der Waals surface area (Å²) in [4.78, 5) is 26.3. The number of halogens is 2. The zero-order chi connectivity index (χ0) is 24.2. The van der Waals surface area contributed by atoms with Gasteiger partial charge in [0, 0.05) is 0 Å². The van der Waals surface area contributed by atoms with Gasteiger partial charge >= 0.3 is 6.03 Å². The molecular weight excluding hydrogens is 503 g/mol. The van der Waals surface area contributed by atoms with Gasteiger partial charge < -0.3 is 14.8 Å². The fourth-order valence-corrected chi connectivity index (χ4v) is 4.03. The third-order valence-electron chi connectivity index (χ3n) is 5.28. The number of carbonyl (C=O) groups is 2. The zero-order valence-corrected chi connectivity index (χ0v) is 20.2. The van der Waals surface area contributed by atoms with E-state index in [-0.39, 0.29) is 18.1 Å². The molecule has 3 aromatic rings. The number of urea groups is 1. The first-order valence-corrected chi connectivity index (χ1v) is 11.3. The second kappa shape index (κ2) is 10.1. The van der Waals surface area contributed by atoms with Crippen LogP contribution in [0.2, 0.25) is 0 Å². The smallest absolute Gasteiger partial charge is 0.329 e. The average Bonchev–Trinajstić information content (AvgIpc) is 3.07. The maximum Gasteiger partial charge on any atom is 0.329 e. The Morgan fingerprint density at radius 1 is 1.03 bits per heavy atom. The maximum atomic E-state index is 13.1. The van der Waals surface area contributed by atoms with E-state index in [0.717, 1.165) is 10.5 Å². The van der Waals surface area contributed by atoms with Gasteiger partial charge in [0.25, 0.3) is 5.91 Å². The molecule has 4 rings (SSSR count). The van der Waals surface area contributed by atoms with Gasteiger partial charge in [0.05, 0.1) is 18.1 Å². The van der Waals surface area contributed by atoms with Gasteiger partial charge in [0.1, 0.15) is 18.1 Å². The minimum atomic E-state index is -0.537. The molecule has 34 heavy (non-hydrogen) atoms. The number of benzene rings is 3. The number of carbonyl (C=O) groups excluding carboxylic acids is 2. The first kappa shape index (κ1) is 23.5. The summed E-state index contributed by atoms with van der Waals surface area (Å²) in [5.74, 6) is 0.162. The number of hydrogen-bond acceptors (Lipinski definition) is 4. The van der Waals surface area contributed by atoms with Crippen LogP contribution in [0, 0.1) is 12.7 Å². The molecule has 0 spiro atoms. The van der Waals surface area contributed by atoms with Crippen LogP contribution in [0.5, 0.6) is 11.5 Å². The normalized spacial score (nSPS) is 14.5. The summed E-state index contributed by atoms with van der Waals surface area (Å²) in [5, 5.41) is 2.59. The van der Waals surface area contributed by atoms with Gasteiger partial charge in [0.2, 0.25) is 0 Å². The lowest BCUT2D eigenvalue weighted by molar-refractivity contribution is -0.123. The summed E-state index contributed by atoms with van der Waals surface area (Å²) in [6.07, 6.45) is 1.57. The van der Waals surface area contributed by atoms with Crippen LogP contribution in [0.15, 0.2) is 70.8 Å². The number of nitrogens with zero attached hydrogens (tertiary/aromatic N) is 1. The third-order valence-corrected chi connectivity index (χ3v) is 5.87. The second-order valence-corrected chi connectivity index (χ2v) is 8.67. The number of ether oxygens (including phenoxy) is 2. The summed E-state index contributed by atoms with van der Waals surface area (Å²) >= 11 is 3.51. The highest BCUT2D eigenvalue weighted by molar-refractivity contribution is 9.10. The molecule has 1 aliphatic rings. The maximum absolute atomic E-state index is 13.1. The Balaban J connectivity index is 1.52. The molecule has 1 heterocycles. The lowest BCUT2D eigenvalue weighted by Gasteiger charge is -2.14. The van der Waals surface area contributed by atoms with Crippen molar-refractivity contribution < 1.29 is 23.5 Å². The molecule has 1 fully saturated rings. The van der Waals surface area contributed by atoms with Crippen molar-refractivity contribution >= 4 is 33.9 Å². The minimum Gasteiger partial charge on any atom is -0.493 e. The van der Waals surface area contributed by atoms with Gasteiger partial charge in [-0.1, -0.05) is 42.0 Å². The van der Waals surface area contributed by atoms with E-state index < -0.39 is 11.9 Å². The van der Waals surface area contributed by atoms with Gasteiger partial charge in [-0.25, -0.2) is 9.18 Å². The summed E-state index contributed by atoms with van der Waals surface area (Å²) in [6.45, 7) is 2.43. The number of aryl methyl sites for hydroxylation is 1. The van der Waals surface area contributed by atoms with Crippen molar-refractivity contribution in [2.24, 2.45) is 0 Å². The van der Waals surface area contributed by atoms with Crippen molar-refractivity contribution in [2.45, 2.75) is 20.1 Å². The molecule has 6 nitrogen and oxygen atoms in total. The lowest BCUT2D eigenvalue weighted by Crippen LogP contribution is -2.30. The molecule has 0 radical (unpaired) electrons. The summed E-state index contributed by atoms with van der Waals surface area (Å²) < 4.78 is 25.3. The van der Waals surface area contributed by atoms with Crippen molar-refractivity contribution in [3.05, 3.63) is 98.9 Å². The van der Waals surface area contributed by atoms with Gasteiger partial charge in [-0.2, -0.15) is 0 Å². The Bertz CT molecular complexity index is 1260. The van der Waals surface area contributed by atoms with Crippen molar-refractivity contribution in [3.63, 3.8) is 0 Å². The van der Waals surface area contributed by atoms with E-state index in [0.29, 0.717) is 33.7 Å². The van der Waals surface area contributed by atoms with Crippen LogP contribution >= 0.6 is 15.9 Å². The van der Waals surface area contributed by atoms with E-state index in [2.05, 4.69) is 21.2 Å². The van der Waals surface area contributed by atoms with E-state index in [1.54, 1.807) is 18.2 Å². The third kappa shape index (κ3) is 5.28. The first-order valence-electron chi connectivity index (χ1n) is 10.5. The molecule has 0 bridgehead atoms. The van der Waals surface area contributed by atoms with E-state index in [1.165, 1.54) is 36.9 Å². The number of hydrogen-bond donors (Lipinski definition) is 1. The molecule has 1 aliphatic heterocycles. The Kier molecular flexibility index (Phi) is 6.98. The van der Waals surface area contributed by atoms with Crippen LogP contribution in [0.3, 0.4) is 0 Å². The zero-order valence-electron chi connectivity index (χ0n) is 18.6. The SMILES string of the molecule is COc1cc(/C=C2/NC(=O)N(Cc3ccc(F)cc3)C2=O)cc(Br)c1OCc1ccc(C)cc1. The second-order valence-electron chi connectivity index (χ2n) is 7.81. The van der Waals surface area contributed by atoms with Gasteiger partial charge in [-0.15, -0.1) is 0 Å². The fraction of sp³-hybridized carbons (Fsp3) is 0.154. The highest BCUT2D eigenvalue weighted by Gasteiger charge is 2.33. The number of methoxy groups -OCH3 is 1. The van der Waals surface area contributed by atoms with E-state index >= 15 is 0 Å². The molecule has 0 aromatic heterocycles. The minimum absolute atomic E-state index is 0.0427. The Hall–Kier alpha value is -3.65. The molecule has 8 heteroatoms. The van der Waals surface area contributed by atoms with Crippen molar-refractivity contribution in [1.29, 1.82) is 0 Å². The molecular formula is C26H22BrFN2O4. The molecule has 3 amide bonds. The van der Waals surface area contributed by atoms with E-state index in [4.69, 9.17) is 9.47 Å². The lowest BCUT2D eigenvalue weighted by atomic mass is 10.1. The molecule has 3 aromatic carbocycles. The van der Waals surface area contributed by atoms with Crippen molar-refractivity contribution in [3.8, 4) is 11.5 Å². The monoisotopic (exact) mass is 524 g/mol. The quantitative estimate of drug-likeness (QED) is 0.323. The topological polar surface area (TPSA) is 67.9 Å². The van der Waals surface area contributed by atoms with Gasteiger partial charge in [0.15, 0.2) is 11.5 Å². The van der Waals surface area contributed by atoms with Crippen molar-refractivity contribution in [2.75, 3.05) is 7.11 Å². The predicted octanol–water partition coefficient (Wildman–Crippen LogP) is 5.58. The van der Waals surface area contributed by atoms with Crippen LogP contribution < -0.4 is 14.8 Å². The molecule has 174 valence electrons. The van der Waals surface area contributed by atoms with Crippen molar-refractivity contribution in [1.82, 2.24) is 10.2 Å². The summed E-state index contributed by atoms with van der Waals surface area (Å²) in [6, 6.07) is 16.7. The fourth-order valence-electron chi connectivity index (χ4n) is 3.46. The van der Waals surface area contributed by atoms with Crippen LogP contribution in [-0.4, -0.2) is 23.9 Å². The largest absolute Gasteiger partial charge is 0.493 e. The molecule has 0 saturated carbocycles. The number of amides is 3. The van der Waals surface area contributed by atoms with E-state index in [9.17, 15) is 14.0 Å². The van der Waals surface area contributed by atoms with Crippen LogP contribution in [0.25, 0.3) is 6.08 Å². The Morgan fingerprint density at radius 2 is 1.71 bits per heavy atom.